The number of aromatic nitrogens is 2. The predicted octanol–water partition coefficient (Wildman–Crippen LogP) is 1.90. The number of anilines is 1. The van der Waals surface area contributed by atoms with E-state index in [0.717, 1.165) is 18.5 Å². The van der Waals surface area contributed by atoms with Gasteiger partial charge in [-0.05, 0) is 18.6 Å². The molecule has 1 aromatic heterocycles. The molecule has 0 spiro atoms. The van der Waals surface area contributed by atoms with Crippen LogP contribution in [-0.4, -0.2) is 9.55 Å². The van der Waals surface area contributed by atoms with Crippen molar-refractivity contribution >= 4 is 17.0 Å². The maximum Gasteiger partial charge on any atom is 0.201 e. The van der Waals surface area contributed by atoms with E-state index < -0.39 is 0 Å². The van der Waals surface area contributed by atoms with E-state index >= 15 is 0 Å². The molecule has 2 N–H and O–H groups in total. The molecule has 0 aliphatic heterocycles. The van der Waals surface area contributed by atoms with Crippen LogP contribution in [0.2, 0.25) is 0 Å². The summed E-state index contributed by atoms with van der Waals surface area (Å²) in [6.07, 6.45) is 0.993. The molecule has 4 nitrogen and oxygen atoms in total. The van der Waals surface area contributed by atoms with E-state index in [1.54, 1.807) is 6.07 Å². The number of imidazole rings is 1. The molecule has 0 radical (unpaired) electrons. The number of nitriles is 1. The topological polar surface area (TPSA) is 67.6 Å². The SMILES string of the molecule is CCCn1c(N)nc2c(C#N)cccc21. The maximum atomic E-state index is 8.93. The van der Waals surface area contributed by atoms with Gasteiger partial charge in [0.15, 0.2) is 0 Å². The van der Waals surface area contributed by atoms with Gasteiger partial charge in [-0.25, -0.2) is 4.98 Å². The van der Waals surface area contributed by atoms with Crippen molar-refractivity contribution in [1.82, 2.24) is 9.55 Å². The molecule has 2 rings (SSSR count). The van der Waals surface area contributed by atoms with Crippen LogP contribution in [0.15, 0.2) is 18.2 Å². The number of nitrogens with zero attached hydrogens (tertiary/aromatic N) is 3. The van der Waals surface area contributed by atoms with Crippen molar-refractivity contribution in [3.63, 3.8) is 0 Å². The molecule has 1 aromatic carbocycles. The van der Waals surface area contributed by atoms with Crippen LogP contribution >= 0.6 is 0 Å². The van der Waals surface area contributed by atoms with Crippen LogP contribution in [0, 0.1) is 11.3 Å². The van der Waals surface area contributed by atoms with Gasteiger partial charge < -0.3 is 10.3 Å². The molecule has 1 heterocycles. The van der Waals surface area contributed by atoms with Gasteiger partial charge in [0.1, 0.15) is 11.6 Å². The minimum Gasteiger partial charge on any atom is -0.369 e. The Morgan fingerprint density at radius 1 is 1.53 bits per heavy atom. The van der Waals surface area contributed by atoms with Crippen molar-refractivity contribution in [2.75, 3.05) is 5.73 Å². The number of nitrogens with two attached hydrogens (primary N) is 1. The maximum absolute atomic E-state index is 8.93. The lowest BCUT2D eigenvalue weighted by Crippen LogP contribution is -2.02. The Labute approximate surface area is 87.9 Å². The van der Waals surface area contributed by atoms with E-state index in [2.05, 4.69) is 18.0 Å². The number of hydrogen-bond donors (Lipinski definition) is 1. The molecule has 0 saturated carbocycles. The van der Waals surface area contributed by atoms with Crippen molar-refractivity contribution in [1.29, 1.82) is 5.26 Å². The smallest absolute Gasteiger partial charge is 0.201 e. The van der Waals surface area contributed by atoms with Crippen molar-refractivity contribution in [2.45, 2.75) is 19.9 Å². The Balaban J connectivity index is 2.74. The van der Waals surface area contributed by atoms with Crippen molar-refractivity contribution in [2.24, 2.45) is 0 Å². The Morgan fingerprint density at radius 2 is 2.33 bits per heavy atom. The molecule has 0 bridgehead atoms. The highest BCUT2D eigenvalue weighted by atomic mass is 15.1. The van der Waals surface area contributed by atoms with Gasteiger partial charge in [0.2, 0.25) is 5.95 Å². The minimum absolute atomic E-state index is 0.481. The van der Waals surface area contributed by atoms with Crippen molar-refractivity contribution in [3.8, 4) is 6.07 Å². The number of rotatable bonds is 2. The summed E-state index contributed by atoms with van der Waals surface area (Å²) in [5.41, 5.74) is 8.02. The molecule has 0 aliphatic rings. The summed E-state index contributed by atoms with van der Waals surface area (Å²) in [5, 5.41) is 8.93. The first kappa shape index (κ1) is 9.53. The van der Waals surface area contributed by atoms with E-state index in [1.807, 2.05) is 16.7 Å². The summed E-state index contributed by atoms with van der Waals surface area (Å²) in [6, 6.07) is 7.67. The van der Waals surface area contributed by atoms with Gasteiger partial charge in [-0.2, -0.15) is 5.26 Å². The van der Waals surface area contributed by atoms with Gasteiger partial charge in [0, 0.05) is 6.54 Å². The van der Waals surface area contributed by atoms with Crippen LogP contribution in [0.25, 0.3) is 11.0 Å². The first-order chi connectivity index (χ1) is 7.27. The zero-order chi connectivity index (χ0) is 10.8. The Bertz CT molecular complexity index is 533. The molecule has 0 amide bonds. The van der Waals surface area contributed by atoms with Crippen LogP contribution in [0.4, 0.5) is 5.95 Å². The number of benzene rings is 1. The van der Waals surface area contributed by atoms with Gasteiger partial charge in [0.25, 0.3) is 0 Å². The third-order valence-corrected chi connectivity index (χ3v) is 2.38. The fourth-order valence-corrected chi connectivity index (χ4v) is 1.71. The van der Waals surface area contributed by atoms with Crippen LogP contribution < -0.4 is 5.73 Å². The van der Waals surface area contributed by atoms with Gasteiger partial charge >= 0.3 is 0 Å². The van der Waals surface area contributed by atoms with Gasteiger partial charge in [-0.3, -0.25) is 0 Å². The van der Waals surface area contributed by atoms with E-state index in [1.165, 1.54) is 0 Å². The van der Waals surface area contributed by atoms with Crippen molar-refractivity contribution < 1.29 is 0 Å². The predicted molar refractivity (Wildman–Crippen MR) is 59.2 cm³/mol. The quantitative estimate of drug-likeness (QED) is 0.805. The number of aryl methyl sites for hydroxylation is 1. The average molecular weight is 200 g/mol. The molecule has 4 heteroatoms. The summed E-state index contributed by atoms with van der Waals surface area (Å²) in [6.45, 7) is 2.91. The third kappa shape index (κ3) is 1.42. The summed E-state index contributed by atoms with van der Waals surface area (Å²) < 4.78 is 1.94. The van der Waals surface area contributed by atoms with E-state index in [9.17, 15) is 0 Å². The second-order valence-electron chi connectivity index (χ2n) is 3.41. The molecular weight excluding hydrogens is 188 g/mol. The van der Waals surface area contributed by atoms with E-state index in [-0.39, 0.29) is 0 Å². The van der Waals surface area contributed by atoms with Crippen LogP contribution in [0.1, 0.15) is 18.9 Å². The molecule has 0 fully saturated rings. The second-order valence-corrected chi connectivity index (χ2v) is 3.41. The fourth-order valence-electron chi connectivity index (χ4n) is 1.71. The summed E-state index contributed by atoms with van der Waals surface area (Å²) in [5.74, 6) is 0.481. The Kier molecular flexibility index (Phi) is 2.30. The van der Waals surface area contributed by atoms with Crippen molar-refractivity contribution in [3.05, 3.63) is 23.8 Å². The highest BCUT2D eigenvalue weighted by Crippen LogP contribution is 2.21. The number of para-hydroxylation sites is 1. The summed E-state index contributed by atoms with van der Waals surface area (Å²) in [4.78, 5) is 4.22. The molecular formula is C11H12N4. The van der Waals surface area contributed by atoms with Crippen LogP contribution in [-0.2, 0) is 6.54 Å². The van der Waals surface area contributed by atoms with Gasteiger partial charge in [0.05, 0.1) is 11.1 Å². The number of nitrogen functional groups attached to an aromatic ring is 1. The average Bonchev–Trinajstić information content (AvgIpc) is 2.56. The monoisotopic (exact) mass is 200 g/mol. The van der Waals surface area contributed by atoms with E-state index in [4.69, 9.17) is 11.0 Å². The van der Waals surface area contributed by atoms with Crippen LogP contribution in [0.3, 0.4) is 0 Å². The highest BCUT2D eigenvalue weighted by Gasteiger charge is 2.09. The summed E-state index contributed by atoms with van der Waals surface area (Å²) in [7, 11) is 0. The van der Waals surface area contributed by atoms with Gasteiger partial charge in [-0.15, -0.1) is 0 Å². The standard InChI is InChI=1S/C11H12N4/c1-2-6-15-9-5-3-4-8(7-12)10(9)14-11(15)13/h3-5H,2,6H2,1H3,(H2,13,14). The zero-order valence-corrected chi connectivity index (χ0v) is 8.57. The number of fused-ring (bicyclic) bond motifs is 1. The third-order valence-electron chi connectivity index (χ3n) is 2.38. The lowest BCUT2D eigenvalue weighted by molar-refractivity contribution is 0.707. The lowest BCUT2D eigenvalue weighted by atomic mass is 10.2. The Morgan fingerprint density at radius 3 is 3.00 bits per heavy atom. The molecule has 76 valence electrons. The molecule has 0 saturated heterocycles. The first-order valence-electron chi connectivity index (χ1n) is 4.92. The molecule has 0 atom stereocenters. The normalized spacial score (nSPS) is 10.4. The largest absolute Gasteiger partial charge is 0.369 e. The molecule has 15 heavy (non-hydrogen) atoms. The van der Waals surface area contributed by atoms with Crippen LogP contribution in [0.5, 0.6) is 0 Å². The zero-order valence-electron chi connectivity index (χ0n) is 8.57. The fraction of sp³-hybridized carbons (Fsp3) is 0.273. The minimum atomic E-state index is 0.481. The number of hydrogen-bond acceptors (Lipinski definition) is 3. The highest BCUT2D eigenvalue weighted by molar-refractivity contribution is 5.83. The molecule has 2 aromatic rings. The summed E-state index contributed by atoms with van der Waals surface area (Å²) >= 11 is 0. The molecule has 0 aliphatic carbocycles. The molecule has 0 unspecified atom stereocenters. The van der Waals surface area contributed by atoms with Gasteiger partial charge in [-0.1, -0.05) is 13.0 Å². The first-order valence-corrected chi connectivity index (χ1v) is 4.92. The lowest BCUT2D eigenvalue weighted by Gasteiger charge is -2.02. The second kappa shape index (κ2) is 3.62. The Hall–Kier alpha value is -2.02. The van der Waals surface area contributed by atoms with E-state index in [0.29, 0.717) is 17.0 Å².